The lowest BCUT2D eigenvalue weighted by Gasteiger charge is -2.39. The minimum atomic E-state index is -0.570. The van der Waals surface area contributed by atoms with E-state index in [1.165, 1.54) is 13.8 Å². The van der Waals surface area contributed by atoms with E-state index < -0.39 is 17.9 Å². The van der Waals surface area contributed by atoms with Gasteiger partial charge < -0.3 is 15.0 Å². The Morgan fingerprint density at radius 3 is 2.55 bits per heavy atom. The van der Waals surface area contributed by atoms with Gasteiger partial charge in [-0.15, -0.1) is 0 Å². The summed E-state index contributed by atoms with van der Waals surface area (Å²) in [7, 11) is 0. The predicted octanol–water partition coefficient (Wildman–Crippen LogP) is 4.63. The fourth-order valence-corrected chi connectivity index (χ4v) is 4.63. The fraction of sp³-hybridized carbons (Fsp3) is 0.320. The molecule has 0 bridgehead atoms. The number of carbonyl (C=O) groups excluding carboxylic acids is 3. The fourth-order valence-electron chi connectivity index (χ4n) is 4.63. The third-order valence-electron chi connectivity index (χ3n) is 5.69. The number of allylic oxidation sites excluding steroid dienone is 1. The van der Waals surface area contributed by atoms with Gasteiger partial charge in [0.25, 0.3) is 0 Å². The largest absolute Gasteiger partial charge is 0.427 e. The number of esters is 1. The van der Waals surface area contributed by atoms with E-state index in [0.717, 1.165) is 16.9 Å². The second-order valence-electron chi connectivity index (χ2n) is 8.85. The molecule has 1 aliphatic carbocycles. The van der Waals surface area contributed by atoms with Crippen LogP contribution >= 0.6 is 0 Å². The van der Waals surface area contributed by atoms with Gasteiger partial charge >= 0.3 is 5.97 Å². The first-order chi connectivity index (χ1) is 14.7. The van der Waals surface area contributed by atoms with E-state index in [1.807, 2.05) is 44.2 Å². The van der Waals surface area contributed by atoms with Crippen molar-refractivity contribution in [3.8, 4) is 5.75 Å². The summed E-state index contributed by atoms with van der Waals surface area (Å²) in [5, 5.41) is 3.44. The average molecular weight is 418 g/mol. The van der Waals surface area contributed by atoms with Crippen LogP contribution in [-0.2, 0) is 14.4 Å². The Kier molecular flexibility index (Phi) is 5.17. The van der Waals surface area contributed by atoms with E-state index in [9.17, 15) is 14.4 Å². The van der Waals surface area contributed by atoms with E-state index in [2.05, 4.69) is 11.4 Å². The van der Waals surface area contributed by atoms with Crippen LogP contribution in [0.25, 0.3) is 0 Å². The number of nitrogens with one attached hydrogen (secondary N) is 1. The Morgan fingerprint density at radius 2 is 1.84 bits per heavy atom. The van der Waals surface area contributed by atoms with Gasteiger partial charge in [-0.1, -0.05) is 44.2 Å². The molecule has 0 radical (unpaired) electrons. The van der Waals surface area contributed by atoms with Crippen molar-refractivity contribution in [3.05, 3.63) is 65.9 Å². The lowest BCUT2D eigenvalue weighted by Crippen LogP contribution is -2.42. The van der Waals surface area contributed by atoms with Gasteiger partial charge in [-0.2, -0.15) is 0 Å². The summed E-state index contributed by atoms with van der Waals surface area (Å²) in [6.07, 6.45) is 2.48. The Bertz CT molecular complexity index is 1100. The third kappa shape index (κ3) is 3.98. The molecule has 160 valence electrons. The van der Waals surface area contributed by atoms with Crippen molar-refractivity contribution >= 4 is 29.0 Å². The van der Waals surface area contributed by atoms with Crippen molar-refractivity contribution in [2.45, 2.75) is 40.2 Å². The maximum absolute atomic E-state index is 13.5. The van der Waals surface area contributed by atoms with Crippen LogP contribution < -0.4 is 15.0 Å². The molecule has 0 fully saturated rings. The quantitative estimate of drug-likeness (QED) is 0.568. The molecule has 2 aromatic rings. The van der Waals surface area contributed by atoms with Crippen molar-refractivity contribution in [2.75, 3.05) is 10.2 Å². The molecule has 0 aromatic heterocycles. The number of ether oxygens (including phenoxy) is 1. The van der Waals surface area contributed by atoms with Gasteiger partial charge in [-0.05, 0) is 35.2 Å². The highest BCUT2D eigenvalue weighted by molar-refractivity contribution is 6.00. The number of rotatable bonds is 2. The maximum atomic E-state index is 13.5. The van der Waals surface area contributed by atoms with Gasteiger partial charge in [-0.3, -0.25) is 14.4 Å². The minimum absolute atomic E-state index is 0.0666. The highest BCUT2D eigenvalue weighted by atomic mass is 16.5. The first-order valence-corrected chi connectivity index (χ1v) is 10.4. The highest BCUT2D eigenvalue weighted by Crippen LogP contribution is 2.48. The molecule has 1 N–H and O–H groups in total. The van der Waals surface area contributed by atoms with Crippen molar-refractivity contribution in [1.29, 1.82) is 0 Å². The van der Waals surface area contributed by atoms with Gasteiger partial charge in [0.05, 0.1) is 23.3 Å². The van der Waals surface area contributed by atoms with Crippen LogP contribution in [0.3, 0.4) is 0 Å². The molecule has 1 heterocycles. The van der Waals surface area contributed by atoms with Crippen LogP contribution in [0, 0.1) is 11.3 Å². The van der Waals surface area contributed by atoms with Gasteiger partial charge in [0.1, 0.15) is 11.5 Å². The summed E-state index contributed by atoms with van der Waals surface area (Å²) >= 11 is 0. The molecule has 4 rings (SSSR count). The maximum Gasteiger partial charge on any atom is 0.308 e. The zero-order valence-electron chi connectivity index (χ0n) is 18.1. The van der Waals surface area contributed by atoms with Crippen LogP contribution in [0.1, 0.15) is 45.7 Å². The number of benzene rings is 2. The van der Waals surface area contributed by atoms with Gasteiger partial charge in [0.2, 0.25) is 5.91 Å². The number of amides is 1. The van der Waals surface area contributed by atoms with Gasteiger partial charge in [0.15, 0.2) is 0 Å². The summed E-state index contributed by atoms with van der Waals surface area (Å²) < 4.78 is 5.28. The summed E-state index contributed by atoms with van der Waals surface area (Å²) in [6, 6.07) is 14.1. The zero-order chi connectivity index (χ0) is 22.3. The Morgan fingerprint density at radius 1 is 1.10 bits per heavy atom. The number of ketones is 1. The number of fused-ring (bicyclic) bond motifs is 2. The molecule has 1 aliphatic heterocycles. The first kappa shape index (κ1) is 20.8. The standard InChI is InChI=1S/C25H26N2O4/c1-15(28)27-21-11-6-5-10-19(21)26-20-13-25(3,4)14-22(30)23(20)24(27)17-8-7-9-18(12-17)31-16(2)29/h5-13,23-24,26H,14H2,1-4H3. The molecule has 1 amide bonds. The molecule has 31 heavy (non-hydrogen) atoms. The summed E-state index contributed by atoms with van der Waals surface area (Å²) in [5.41, 5.74) is 2.72. The van der Waals surface area contributed by atoms with Crippen molar-refractivity contribution < 1.29 is 19.1 Å². The normalized spacial score (nSPS) is 21.7. The Balaban J connectivity index is 1.96. The SMILES string of the molecule is CC(=O)Oc1cccc(C2C3C(=O)CC(C)(C)C=C3Nc3ccccc3N2C(C)=O)c1. The van der Waals surface area contributed by atoms with Gasteiger partial charge in [0, 0.05) is 26.0 Å². The minimum Gasteiger partial charge on any atom is -0.427 e. The van der Waals surface area contributed by atoms with E-state index in [-0.39, 0.29) is 17.1 Å². The molecule has 2 unspecified atom stereocenters. The van der Waals surface area contributed by atoms with E-state index >= 15 is 0 Å². The van der Waals surface area contributed by atoms with Crippen LogP contribution in [-0.4, -0.2) is 17.7 Å². The molecule has 2 aromatic carbocycles. The number of carbonyl (C=O) groups is 3. The topological polar surface area (TPSA) is 75.7 Å². The second kappa shape index (κ2) is 7.69. The molecule has 6 heteroatoms. The predicted molar refractivity (Wildman–Crippen MR) is 119 cm³/mol. The van der Waals surface area contributed by atoms with Crippen LogP contribution in [0.15, 0.2) is 60.3 Å². The third-order valence-corrected chi connectivity index (χ3v) is 5.69. The lowest BCUT2D eigenvalue weighted by molar-refractivity contribution is -0.132. The van der Waals surface area contributed by atoms with Crippen molar-refractivity contribution in [2.24, 2.45) is 11.3 Å². The number of Topliss-reactive ketones (excluding diaryl/α,β-unsaturated/α-hetero) is 1. The van der Waals surface area contributed by atoms with E-state index in [1.54, 1.807) is 23.1 Å². The number of nitrogens with zero attached hydrogens (tertiary/aromatic N) is 1. The van der Waals surface area contributed by atoms with Crippen molar-refractivity contribution in [3.63, 3.8) is 0 Å². The smallest absolute Gasteiger partial charge is 0.308 e. The molecule has 6 nitrogen and oxygen atoms in total. The summed E-state index contributed by atoms with van der Waals surface area (Å²) in [4.78, 5) is 39.6. The zero-order valence-corrected chi connectivity index (χ0v) is 18.1. The Hall–Kier alpha value is -3.41. The molecule has 2 atom stereocenters. The van der Waals surface area contributed by atoms with E-state index in [4.69, 9.17) is 4.74 Å². The monoisotopic (exact) mass is 418 g/mol. The summed E-state index contributed by atoms with van der Waals surface area (Å²) in [5.74, 6) is -0.706. The molecule has 2 aliphatic rings. The molecule has 0 spiro atoms. The number of hydrogen-bond donors (Lipinski definition) is 1. The molecular weight excluding hydrogens is 392 g/mol. The summed E-state index contributed by atoms with van der Waals surface area (Å²) in [6.45, 7) is 6.91. The van der Waals surface area contributed by atoms with Crippen molar-refractivity contribution in [1.82, 2.24) is 0 Å². The van der Waals surface area contributed by atoms with Gasteiger partial charge in [-0.25, -0.2) is 0 Å². The van der Waals surface area contributed by atoms with Crippen LogP contribution in [0.2, 0.25) is 0 Å². The van der Waals surface area contributed by atoms with Crippen LogP contribution in [0.4, 0.5) is 11.4 Å². The highest BCUT2D eigenvalue weighted by Gasteiger charge is 2.45. The number of hydrogen-bond acceptors (Lipinski definition) is 5. The molecule has 0 saturated carbocycles. The average Bonchev–Trinajstić information content (AvgIpc) is 2.80. The molecule has 0 saturated heterocycles. The second-order valence-corrected chi connectivity index (χ2v) is 8.85. The number of anilines is 2. The number of para-hydroxylation sites is 2. The van der Waals surface area contributed by atoms with Crippen LogP contribution in [0.5, 0.6) is 5.75 Å². The Labute approximate surface area is 181 Å². The molecular formula is C25H26N2O4. The lowest BCUT2D eigenvalue weighted by atomic mass is 9.72. The first-order valence-electron chi connectivity index (χ1n) is 10.4. The van der Waals surface area contributed by atoms with E-state index in [0.29, 0.717) is 17.9 Å².